The molecule has 1 heteroatoms. The average molecular weight is 88.2 g/mol. The normalized spacial score (nSPS) is 10.0. The van der Waals surface area contributed by atoms with E-state index in [0.29, 0.717) is 5.92 Å². The zero-order valence-corrected chi connectivity index (χ0v) is 4.69. The fraction of sp³-hybridized carbons (Fsp3) is 1.00. The minimum atomic E-state index is 0.676. The van der Waals surface area contributed by atoms with E-state index in [1.165, 1.54) is 0 Å². The van der Waals surface area contributed by atoms with Gasteiger partial charge in [0, 0.05) is 13.7 Å². The lowest BCUT2D eigenvalue weighted by Crippen LogP contribution is -1.96. The third-order valence-corrected chi connectivity index (χ3v) is 0.500. The van der Waals surface area contributed by atoms with Crippen LogP contribution in [0.2, 0.25) is 0 Å². The molecule has 0 aromatic carbocycles. The Balaban J connectivity index is 2.63. The van der Waals surface area contributed by atoms with Crippen LogP contribution in [0.3, 0.4) is 0 Å². The van der Waals surface area contributed by atoms with Gasteiger partial charge in [-0.25, -0.2) is 0 Å². The molecule has 1 nitrogen and oxygen atoms in total. The minimum absolute atomic E-state index is 0.676. The molecular formula is C5H12O. The quantitative estimate of drug-likeness (QED) is 0.494. The van der Waals surface area contributed by atoms with E-state index in [1.54, 1.807) is 7.11 Å². The topological polar surface area (TPSA) is 9.23 Å². The van der Waals surface area contributed by atoms with E-state index < -0.39 is 0 Å². The summed E-state index contributed by atoms with van der Waals surface area (Å²) in [7, 11) is 1.72. The third kappa shape index (κ3) is 3.96. The van der Waals surface area contributed by atoms with Crippen LogP contribution in [-0.4, -0.2) is 13.7 Å². The molecule has 0 atom stereocenters. The van der Waals surface area contributed by atoms with Gasteiger partial charge in [0.2, 0.25) is 0 Å². The fourth-order valence-electron chi connectivity index (χ4n) is 0.333. The molecule has 6 heavy (non-hydrogen) atoms. The van der Waals surface area contributed by atoms with Crippen molar-refractivity contribution in [3.63, 3.8) is 0 Å². The summed E-state index contributed by atoms with van der Waals surface area (Å²) in [6.07, 6.45) is 0. The van der Waals surface area contributed by atoms with Gasteiger partial charge in [-0.05, 0) is 5.92 Å². The summed E-state index contributed by atoms with van der Waals surface area (Å²) >= 11 is 0. The van der Waals surface area contributed by atoms with Crippen LogP contribution in [0.1, 0.15) is 13.8 Å². The zero-order chi connectivity index (χ0) is 4.99. The van der Waals surface area contributed by atoms with E-state index in [2.05, 4.69) is 13.8 Å². The summed E-state index contributed by atoms with van der Waals surface area (Å²) in [5.41, 5.74) is 0. The van der Waals surface area contributed by atoms with Gasteiger partial charge in [0.25, 0.3) is 0 Å². The van der Waals surface area contributed by atoms with Crippen molar-refractivity contribution < 1.29 is 4.74 Å². The molecule has 0 N–H and O–H groups in total. The van der Waals surface area contributed by atoms with Crippen LogP contribution in [0.25, 0.3) is 0 Å². The summed E-state index contributed by atoms with van der Waals surface area (Å²) in [5, 5.41) is 0. The summed E-state index contributed by atoms with van der Waals surface area (Å²) in [6, 6.07) is 0. The highest BCUT2D eigenvalue weighted by molar-refractivity contribution is 4.35. The maximum Gasteiger partial charge on any atom is 0.0485 e. The molecule has 0 fully saturated rings. The smallest absolute Gasteiger partial charge is 0.0485 e. The maximum absolute atomic E-state index is 4.80. The highest BCUT2D eigenvalue weighted by Crippen LogP contribution is 1.88. The van der Waals surface area contributed by atoms with Gasteiger partial charge in [0.1, 0.15) is 0 Å². The molecule has 0 saturated carbocycles. The van der Waals surface area contributed by atoms with Crippen molar-refractivity contribution in [1.82, 2.24) is 0 Å². The van der Waals surface area contributed by atoms with Crippen molar-refractivity contribution in [2.75, 3.05) is 13.7 Å². The Labute approximate surface area is 39.3 Å². The first-order valence-electron chi connectivity index (χ1n) is 2.26. The van der Waals surface area contributed by atoms with E-state index >= 15 is 0 Å². The van der Waals surface area contributed by atoms with Crippen LogP contribution in [0.4, 0.5) is 0 Å². The summed E-state index contributed by atoms with van der Waals surface area (Å²) in [6.45, 7) is 5.13. The van der Waals surface area contributed by atoms with Gasteiger partial charge in [-0.15, -0.1) is 0 Å². The largest absolute Gasteiger partial charge is 0.384 e. The van der Waals surface area contributed by atoms with Crippen molar-refractivity contribution in [3.8, 4) is 0 Å². The molecule has 0 aromatic heterocycles. The second kappa shape index (κ2) is 3.16. The van der Waals surface area contributed by atoms with E-state index in [1.807, 2.05) is 0 Å². The summed E-state index contributed by atoms with van der Waals surface area (Å²) in [5.74, 6) is 0.676. The lowest BCUT2D eigenvalue weighted by Gasteiger charge is -1.97. The molecule has 0 rings (SSSR count). The van der Waals surface area contributed by atoms with Crippen LogP contribution < -0.4 is 0 Å². The standard InChI is InChI=1S/C5H12O/c1-5(2)4-6-3/h5H,4H2,1-3H3. The molecule has 0 amide bonds. The van der Waals surface area contributed by atoms with Crippen molar-refractivity contribution in [1.29, 1.82) is 0 Å². The SMILES string of the molecule is COCC(C)C. The zero-order valence-electron chi connectivity index (χ0n) is 4.69. The van der Waals surface area contributed by atoms with Crippen LogP contribution in [0.15, 0.2) is 0 Å². The second-order valence-electron chi connectivity index (χ2n) is 1.85. The number of hydrogen-bond acceptors (Lipinski definition) is 1. The molecule has 38 valence electrons. The number of ether oxygens (including phenoxy) is 1. The van der Waals surface area contributed by atoms with Crippen LogP contribution in [-0.2, 0) is 4.74 Å². The highest BCUT2D eigenvalue weighted by atomic mass is 16.5. The van der Waals surface area contributed by atoms with Crippen molar-refractivity contribution >= 4 is 0 Å². The number of methoxy groups -OCH3 is 1. The molecular weight excluding hydrogens is 76.1 g/mol. The molecule has 0 bridgehead atoms. The second-order valence-corrected chi connectivity index (χ2v) is 1.85. The van der Waals surface area contributed by atoms with E-state index in [-0.39, 0.29) is 0 Å². The predicted octanol–water partition coefficient (Wildman–Crippen LogP) is 1.29. The lowest BCUT2D eigenvalue weighted by molar-refractivity contribution is 0.167. The van der Waals surface area contributed by atoms with Crippen LogP contribution in [0, 0.1) is 5.92 Å². The molecule has 0 aromatic rings. The Hall–Kier alpha value is -0.0400. The van der Waals surface area contributed by atoms with Gasteiger partial charge >= 0.3 is 0 Å². The van der Waals surface area contributed by atoms with Crippen molar-refractivity contribution in [2.24, 2.45) is 5.92 Å². The first-order valence-corrected chi connectivity index (χ1v) is 2.26. The van der Waals surface area contributed by atoms with Gasteiger partial charge < -0.3 is 4.74 Å². The molecule has 0 spiro atoms. The summed E-state index contributed by atoms with van der Waals surface area (Å²) < 4.78 is 4.80. The number of rotatable bonds is 2. The highest BCUT2D eigenvalue weighted by Gasteiger charge is 1.85. The Morgan fingerprint density at radius 3 is 2.00 bits per heavy atom. The van der Waals surface area contributed by atoms with Gasteiger partial charge in [0.05, 0.1) is 0 Å². The van der Waals surface area contributed by atoms with Gasteiger partial charge in [-0.1, -0.05) is 13.8 Å². The van der Waals surface area contributed by atoms with Gasteiger partial charge in [-0.2, -0.15) is 0 Å². The Morgan fingerprint density at radius 1 is 1.50 bits per heavy atom. The Morgan fingerprint density at radius 2 is 2.00 bits per heavy atom. The molecule has 0 aliphatic carbocycles. The molecule has 0 aliphatic heterocycles. The summed E-state index contributed by atoms with van der Waals surface area (Å²) in [4.78, 5) is 0. The molecule has 0 heterocycles. The average Bonchev–Trinajstić information content (AvgIpc) is 1.35. The third-order valence-electron chi connectivity index (χ3n) is 0.500. The maximum atomic E-state index is 4.80. The van der Waals surface area contributed by atoms with E-state index in [9.17, 15) is 0 Å². The fourth-order valence-corrected chi connectivity index (χ4v) is 0.333. The van der Waals surface area contributed by atoms with Crippen molar-refractivity contribution in [3.05, 3.63) is 0 Å². The Bertz CT molecular complexity index is 25.1. The van der Waals surface area contributed by atoms with Crippen molar-refractivity contribution in [2.45, 2.75) is 13.8 Å². The van der Waals surface area contributed by atoms with E-state index in [4.69, 9.17) is 4.74 Å². The van der Waals surface area contributed by atoms with E-state index in [0.717, 1.165) is 6.61 Å². The van der Waals surface area contributed by atoms with Gasteiger partial charge in [0.15, 0.2) is 0 Å². The van der Waals surface area contributed by atoms with Gasteiger partial charge in [-0.3, -0.25) is 0 Å². The molecule has 0 saturated heterocycles. The van der Waals surface area contributed by atoms with Crippen LogP contribution in [0.5, 0.6) is 0 Å². The van der Waals surface area contributed by atoms with Crippen LogP contribution >= 0.6 is 0 Å². The predicted molar refractivity (Wildman–Crippen MR) is 26.7 cm³/mol. The Kier molecular flexibility index (Phi) is 3.14. The molecule has 0 aliphatic rings. The monoisotopic (exact) mass is 88.1 g/mol. The lowest BCUT2D eigenvalue weighted by atomic mass is 10.2. The molecule has 0 radical (unpaired) electrons. The molecule has 0 unspecified atom stereocenters. The first-order chi connectivity index (χ1) is 2.77. The minimum Gasteiger partial charge on any atom is -0.384 e. The first kappa shape index (κ1) is 5.96. The number of hydrogen-bond donors (Lipinski definition) is 0.